The standard InChI is InChI=1S/C16H17ClN2O4S2/c17-15-5-1-2-6-16(15)25(22,23)18-13-7-9-14(10-8-13)19-11-3-4-12-24(19,20)21/h1-2,5-10,18H,3-4,11-12H2. The Balaban J connectivity index is 1.83. The highest BCUT2D eigenvalue weighted by Crippen LogP contribution is 2.27. The molecule has 0 saturated carbocycles. The van der Waals surface area contributed by atoms with E-state index in [1.54, 1.807) is 24.3 Å². The largest absolute Gasteiger partial charge is 0.280 e. The molecule has 0 bridgehead atoms. The molecule has 1 N–H and O–H groups in total. The van der Waals surface area contributed by atoms with Gasteiger partial charge in [-0.2, -0.15) is 0 Å². The summed E-state index contributed by atoms with van der Waals surface area (Å²) < 4.78 is 52.9. The van der Waals surface area contributed by atoms with Crippen molar-refractivity contribution in [3.05, 3.63) is 53.6 Å². The molecule has 1 aliphatic heterocycles. The highest BCUT2D eigenvalue weighted by Gasteiger charge is 2.26. The lowest BCUT2D eigenvalue weighted by Gasteiger charge is -2.28. The lowest BCUT2D eigenvalue weighted by Crippen LogP contribution is -2.37. The molecule has 3 rings (SSSR count). The van der Waals surface area contributed by atoms with Gasteiger partial charge in [-0.15, -0.1) is 0 Å². The second-order valence-corrected chi connectivity index (χ2v) is 9.75. The number of nitrogens with one attached hydrogen (secondary N) is 1. The van der Waals surface area contributed by atoms with Gasteiger partial charge in [0, 0.05) is 12.2 Å². The zero-order valence-corrected chi connectivity index (χ0v) is 15.6. The molecule has 2 aromatic rings. The molecule has 0 radical (unpaired) electrons. The third kappa shape index (κ3) is 3.91. The quantitative estimate of drug-likeness (QED) is 0.854. The SMILES string of the molecule is O=S(=O)(Nc1ccc(N2CCCCS2(=O)=O)cc1)c1ccccc1Cl. The predicted molar refractivity (Wildman–Crippen MR) is 99.1 cm³/mol. The van der Waals surface area contributed by atoms with Gasteiger partial charge in [0.1, 0.15) is 4.90 Å². The summed E-state index contributed by atoms with van der Waals surface area (Å²) in [5.41, 5.74) is 0.860. The Morgan fingerprint density at radius 2 is 1.68 bits per heavy atom. The molecular formula is C16H17ClN2O4S2. The van der Waals surface area contributed by atoms with Crippen LogP contribution >= 0.6 is 11.6 Å². The average Bonchev–Trinajstić information content (AvgIpc) is 2.55. The molecular weight excluding hydrogens is 384 g/mol. The Hall–Kier alpha value is -1.77. The highest BCUT2D eigenvalue weighted by molar-refractivity contribution is 7.93. The third-order valence-electron chi connectivity index (χ3n) is 3.88. The molecule has 0 atom stereocenters. The van der Waals surface area contributed by atoms with Gasteiger partial charge in [0.15, 0.2) is 0 Å². The minimum absolute atomic E-state index is 0.0145. The van der Waals surface area contributed by atoms with Gasteiger partial charge < -0.3 is 0 Å². The van der Waals surface area contributed by atoms with Gasteiger partial charge in [-0.25, -0.2) is 16.8 Å². The molecule has 0 aliphatic carbocycles. The number of hydrogen-bond donors (Lipinski definition) is 1. The maximum atomic E-state index is 12.4. The van der Waals surface area contributed by atoms with E-state index in [1.165, 1.54) is 28.6 Å². The van der Waals surface area contributed by atoms with Gasteiger partial charge in [0.2, 0.25) is 10.0 Å². The number of halogens is 1. The highest BCUT2D eigenvalue weighted by atomic mass is 35.5. The van der Waals surface area contributed by atoms with Crippen LogP contribution in [-0.2, 0) is 20.0 Å². The van der Waals surface area contributed by atoms with Gasteiger partial charge in [0.25, 0.3) is 10.0 Å². The first-order valence-corrected chi connectivity index (χ1v) is 11.1. The van der Waals surface area contributed by atoms with Crippen LogP contribution in [0, 0.1) is 0 Å². The van der Waals surface area contributed by atoms with Crippen LogP contribution < -0.4 is 9.03 Å². The number of anilines is 2. The molecule has 134 valence electrons. The Labute approximate surface area is 152 Å². The summed E-state index contributed by atoms with van der Waals surface area (Å²) in [6, 6.07) is 12.4. The average molecular weight is 401 g/mol. The van der Waals surface area contributed by atoms with Crippen LogP contribution in [0.1, 0.15) is 12.8 Å². The zero-order chi connectivity index (χ0) is 18.1. The fourth-order valence-electron chi connectivity index (χ4n) is 2.65. The molecule has 1 aliphatic rings. The molecule has 6 nitrogen and oxygen atoms in total. The third-order valence-corrected chi connectivity index (χ3v) is 7.63. The van der Waals surface area contributed by atoms with Crippen molar-refractivity contribution in [2.45, 2.75) is 17.7 Å². The van der Waals surface area contributed by atoms with Crippen LogP contribution in [-0.4, -0.2) is 29.1 Å². The first-order chi connectivity index (χ1) is 11.8. The van der Waals surface area contributed by atoms with Crippen molar-refractivity contribution in [1.29, 1.82) is 0 Å². The minimum atomic E-state index is -3.82. The number of rotatable bonds is 4. The smallest absolute Gasteiger partial charge is 0.263 e. The summed E-state index contributed by atoms with van der Waals surface area (Å²) in [4.78, 5) is -0.0145. The van der Waals surface area contributed by atoms with Gasteiger partial charge in [-0.1, -0.05) is 23.7 Å². The summed E-state index contributed by atoms with van der Waals surface area (Å²) in [6.45, 7) is 0.438. The van der Waals surface area contributed by atoms with Crippen LogP contribution in [0.5, 0.6) is 0 Å². The fourth-order valence-corrected chi connectivity index (χ4v) is 5.87. The van der Waals surface area contributed by atoms with Gasteiger partial charge >= 0.3 is 0 Å². The van der Waals surface area contributed by atoms with Crippen LogP contribution in [0.2, 0.25) is 5.02 Å². The van der Waals surface area contributed by atoms with Crippen molar-refractivity contribution in [2.24, 2.45) is 0 Å². The van der Waals surface area contributed by atoms with E-state index in [2.05, 4.69) is 4.72 Å². The van der Waals surface area contributed by atoms with Gasteiger partial charge in [-0.05, 0) is 49.2 Å². The molecule has 0 aromatic heterocycles. The van der Waals surface area contributed by atoms with Crippen molar-refractivity contribution >= 4 is 43.0 Å². The van der Waals surface area contributed by atoms with Crippen molar-refractivity contribution in [3.63, 3.8) is 0 Å². The van der Waals surface area contributed by atoms with E-state index in [1.807, 2.05) is 0 Å². The monoisotopic (exact) mass is 400 g/mol. The summed E-state index contributed by atoms with van der Waals surface area (Å²) in [6.07, 6.45) is 1.47. The summed E-state index contributed by atoms with van der Waals surface area (Å²) in [5, 5.41) is 0.131. The Morgan fingerprint density at radius 1 is 1.00 bits per heavy atom. The maximum absolute atomic E-state index is 12.4. The maximum Gasteiger partial charge on any atom is 0.263 e. The topological polar surface area (TPSA) is 83.6 Å². The number of nitrogens with zero attached hydrogens (tertiary/aromatic N) is 1. The van der Waals surface area contributed by atoms with E-state index >= 15 is 0 Å². The predicted octanol–water partition coefficient (Wildman–Crippen LogP) is 3.07. The van der Waals surface area contributed by atoms with Crippen LogP contribution in [0.4, 0.5) is 11.4 Å². The van der Waals surface area contributed by atoms with E-state index in [0.29, 0.717) is 24.3 Å². The summed E-state index contributed by atoms with van der Waals surface area (Å²) in [5.74, 6) is 0.133. The van der Waals surface area contributed by atoms with E-state index in [9.17, 15) is 16.8 Å². The fraction of sp³-hybridized carbons (Fsp3) is 0.250. The van der Waals surface area contributed by atoms with Gasteiger partial charge in [0.05, 0.1) is 16.5 Å². The summed E-state index contributed by atoms with van der Waals surface area (Å²) in [7, 11) is -7.11. The molecule has 1 saturated heterocycles. The molecule has 0 spiro atoms. The molecule has 9 heteroatoms. The molecule has 2 aromatic carbocycles. The van der Waals surface area contributed by atoms with E-state index in [0.717, 1.165) is 6.42 Å². The molecule has 1 fully saturated rings. The molecule has 25 heavy (non-hydrogen) atoms. The Kier molecular flexibility index (Phi) is 4.95. The van der Waals surface area contributed by atoms with Crippen LogP contribution in [0.25, 0.3) is 0 Å². The van der Waals surface area contributed by atoms with Crippen molar-refractivity contribution in [3.8, 4) is 0 Å². The van der Waals surface area contributed by atoms with E-state index < -0.39 is 20.0 Å². The Bertz CT molecular complexity index is 973. The van der Waals surface area contributed by atoms with Crippen molar-refractivity contribution in [1.82, 2.24) is 0 Å². The molecule has 1 heterocycles. The zero-order valence-electron chi connectivity index (χ0n) is 13.2. The van der Waals surface area contributed by atoms with Crippen LogP contribution in [0.15, 0.2) is 53.4 Å². The first-order valence-electron chi connectivity index (χ1n) is 7.67. The Morgan fingerprint density at radius 3 is 2.32 bits per heavy atom. The lowest BCUT2D eigenvalue weighted by molar-refractivity contribution is 0.574. The first kappa shape index (κ1) is 18.0. The normalized spacial score (nSPS) is 17.2. The van der Waals surface area contributed by atoms with Crippen molar-refractivity contribution < 1.29 is 16.8 Å². The number of sulfonamides is 2. The second kappa shape index (κ2) is 6.86. The van der Waals surface area contributed by atoms with Crippen molar-refractivity contribution in [2.75, 3.05) is 21.3 Å². The van der Waals surface area contributed by atoms with E-state index in [-0.39, 0.29) is 15.7 Å². The van der Waals surface area contributed by atoms with Gasteiger partial charge in [-0.3, -0.25) is 9.03 Å². The van der Waals surface area contributed by atoms with E-state index in [4.69, 9.17) is 11.6 Å². The molecule has 0 unspecified atom stereocenters. The lowest BCUT2D eigenvalue weighted by atomic mass is 10.2. The van der Waals surface area contributed by atoms with Crippen LogP contribution in [0.3, 0.4) is 0 Å². The minimum Gasteiger partial charge on any atom is -0.280 e. The second-order valence-electron chi connectivity index (χ2n) is 5.68. The molecule has 0 amide bonds. The number of hydrogen-bond acceptors (Lipinski definition) is 4. The number of benzene rings is 2. The summed E-state index contributed by atoms with van der Waals surface area (Å²) >= 11 is 5.94.